The van der Waals surface area contributed by atoms with Gasteiger partial charge in [-0.1, -0.05) is 11.6 Å². The van der Waals surface area contributed by atoms with Crippen LogP contribution in [0.2, 0.25) is 5.02 Å². The average Bonchev–Trinajstić information content (AvgIpc) is 2.67. The van der Waals surface area contributed by atoms with Crippen molar-refractivity contribution in [1.82, 2.24) is 15.0 Å². The minimum absolute atomic E-state index is 0.222. The summed E-state index contributed by atoms with van der Waals surface area (Å²) in [5.41, 5.74) is 1.74. The van der Waals surface area contributed by atoms with E-state index in [1.54, 1.807) is 36.7 Å². The molecule has 0 bridgehead atoms. The van der Waals surface area contributed by atoms with Gasteiger partial charge in [-0.3, -0.25) is 9.78 Å². The fourth-order valence-corrected chi connectivity index (χ4v) is 2.41. The molecule has 8 heteroatoms. The summed E-state index contributed by atoms with van der Waals surface area (Å²) in [6, 6.07) is 10.3. The molecule has 0 radical (unpaired) electrons. The molecule has 1 aromatic carbocycles. The van der Waals surface area contributed by atoms with Gasteiger partial charge in [-0.2, -0.15) is 0 Å². The fraction of sp³-hybridized carbons (Fsp3) is 0.111. The lowest BCUT2D eigenvalue weighted by Crippen LogP contribution is -2.15. The van der Waals surface area contributed by atoms with Crippen LogP contribution < -0.4 is 15.4 Å². The number of carbonyl (C=O) groups is 1. The van der Waals surface area contributed by atoms with Gasteiger partial charge in [-0.25, -0.2) is 9.97 Å². The number of nitrogens with one attached hydrogen (secondary N) is 2. The molecule has 0 fully saturated rings. The fourth-order valence-electron chi connectivity index (χ4n) is 2.24. The first-order valence-corrected chi connectivity index (χ1v) is 8.13. The maximum absolute atomic E-state index is 12.5. The van der Waals surface area contributed by atoms with E-state index in [4.69, 9.17) is 16.3 Å². The largest absolute Gasteiger partial charge is 0.495 e. The third-order valence-corrected chi connectivity index (χ3v) is 3.77. The van der Waals surface area contributed by atoms with Crippen molar-refractivity contribution in [2.75, 3.05) is 17.7 Å². The average molecular weight is 370 g/mol. The Bertz CT molecular complexity index is 905. The number of pyridine rings is 1. The summed E-state index contributed by atoms with van der Waals surface area (Å²) < 4.78 is 5.22. The quantitative estimate of drug-likeness (QED) is 0.692. The van der Waals surface area contributed by atoms with E-state index in [-0.39, 0.29) is 11.6 Å². The maximum Gasteiger partial charge on any atom is 0.274 e. The van der Waals surface area contributed by atoms with Crippen molar-refractivity contribution in [1.29, 1.82) is 0 Å². The van der Waals surface area contributed by atoms with Crippen LogP contribution in [0.1, 0.15) is 16.1 Å². The van der Waals surface area contributed by atoms with Crippen LogP contribution in [0.25, 0.3) is 0 Å². The highest BCUT2D eigenvalue weighted by Crippen LogP contribution is 2.28. The number of aromatic nitrogens is 3. The zero-order chi connectivity index (χ0) is 18.4. The SMILES string of the molecule is COc1ccc(Cl)cc1NC(=O)c1cc(NCc2ccncc2)ncn1. The molecule has 2 aromatic heterocycles. The minimum atomic E-state index is -0.389. The monoisotopic (exact) mass is 369 g/mol. The van der Waals surface area contributed by atoms with Gasteiger partial charge in [0.05, 0.1) is 12.8 Å². The number of methoxy groups -OCH3 is 1. The Morgan fingerprint density at radius 3 is 2.73 bits per heavy atom. The van der Waals surface area contributed by atoms with Gasteiger partial charge < -0.3 is 15.4 Å². The molecule has 0 spiro atoms. The van der Waals surface area contributed by atoms with Crippen LogP contribution in [-0.4, -0.2) is 28.0 Å². The lowest BCUT2D eigenvalue weighted by molar-refractivity contribution is 0.102. The third-order valence-electron chi connectivity index (χ3n) is 3.53. The maximum atomic E-state index is 12.5. The van der Waals surface area contributed by atoms with Crippen LogP contribution in [0.4, 0.5) is 11.5 Å². The summed E-state index contributed by atoms with van der Waals surface area (Å²) in [4.78, 5) is 24.6. The summed E-state index contributed by atoms with van der Waals surface area (Å²) in [7, 11) is 1.52. The van der Waals surface area contributed by atoms with E-state index in [9.17, 15) is 4.79 Å². The third kappa shape index (κ3) is 4.46. The molecule has 0 aliphatic carbocycles. The zero-order valence-electron chi connectivity index (χ0n) is 13.9. The van der Waals surface area contributed by atoms with E-state index in [0.29, 0.717) is 28.8 Å². The second-order valence-corrected chi connectivity index (χ2v) is 5.73. The molecule has 0 atom stereocenters. The number of halogens is 1. The number of ether oxygens (including phenoxy) is 1. The molecule has 0 unspecified atom stereocenters. The second-order valence-electron chi connectivity index (χ2n) is 5.30. The topological polar surface area (TPSA) is 89.0 Å². The Kier molecular flexibility index (Phi) is 5.60. The highest BCUT2D eigenvalue weighted by Gasteiger charge is 2.12. The molecule has 0 aliphatic heterocycles. The molecule has 2 N–H and O–H groups in total. The van der Waals surface area contributed by atoms with Crippen LogP contribution >= 0.6 is 11.6 Å². The number of rotatable bonds is 6. The van der Waals surface area contributed by atoms with Gasteiger partial charge in [0.15, 0.2) is 0 Å². The number of anilines is 2. The molecule has 132 valence electrons. The predicted molar refractivity (Wildman–Crippen MR) is 99.6 cm³/mol. The van der Waals surface area contributed by atoms with Gasteiger partial charge in [0.1, 0.15) is 23.6 Å². The van der Waals surface area contributed by atoms with E-state index in [2.05, 4.69) is 25.6 Å². The first-order valence-electron chi connectivity index (χ1n) is 7.75. The molecule has 7 nitrogen and oxygen atoms in total. The summed E-state index contributed by atoms with van der Waals surface area (Å²) in [6.07, 6.45) is 4.77. The Hall–Kier alpha value is -3.19. The molecule has 2 heterocycles. The van der Waals surface area contributed by atoms with E-state index in [1.165, 1.54) is 13.4 Å². The Morgan fingerprint density at radius 2 is 1.96 bits per heavy atom. The standard InChI is InChI=1S/C18H16ClN5O2/c1-26-16-3-2-13(19)8-14(16)24-18(25)15-9-17(23-11-22-15)21-10-12-4-6-20-7-5-12/h2-9,11H,10H2,1H3,(H,24,25)(H,21,22,23). The second kappa shape index (κ2) is 8.26. The Morgan fingerprint density at radius 1 is 1.15 bits per heavy atom. The molecule has 3 aromatic rings. The lowest BCUT2D eigenvalue weighted by Gasteiger charge is -2.11. The highest BCUT2D eigenvalue weighted by atomic mass is 35.5. The first-order chi connectivity index (χ1) is 12.7. The van der Waals surface area contributed by atoms with E-state index in [1.807, 2.05) is 12.1 Å². The van der Waals surface area contributed by atoms with Gasteiger partial charge in [-0.15, -0.1) is 0 Å². The van der Waals surface area contributed by atoms with Crippen molar-refractivity contribution in [2.45, 2.75) is 6.54 Å². The van der Waals surface area contributed by atoms with E-state index >= 15 is 0 Å². The first kappa shape index (κ1) is 17.6. The summed E-state index contributed by atoms with van der Waals surface area (Å²) >= 11 is 5.98. The van der Waals surface area contributed by atoms with E-state index < -0.39 is 0 Å². The van der Waals surface area contributed by atoms with Gasteiger partial charge in [-0.05, 0) is 35.9 Å². The number of benzene rings is 1. The van der Waals surface area contributed by atoms with Gasteiger partial charge in [0, 0.05) is 30.0 Å². The smallest absolute Gasteiger partial charge is 0.274 e. The van der Waals surface area contributed by atoms with Gasteiger partial charge >= 0.3 is 0 Å². The molecule has 26 heavy (non-hydrogen) atoms. The molecular formula is C18H16ClN5O2. The number of carbonyl (C=O) groups excluding carboxylic acids is 1. The predicted octanol–water partition coefficient (Wildman–Crippen LogP) is 3.40. The number of amides is 1. The van der Waals surface area contributed by atoms with Gasteiger partial charge in [0.25, 0.3) is 5.91 Å². The van der Waals surface area contributed by atoms with Gasteiger partial charge in [0.2, 0.25) is 0 Å². The number of hydrogen-bond donors (Lipinski definition) is 2. The lowest BCUT2D eigenvalue weighted by atomic mass is 10.2. The highest BCUT2D eigenvalue weighted by molar-refractivity contribution is 6.31. The van der Waals surface area contributed by atoms with Crippen molar-refractivity contribution in [3.63, 3.8) is 0 Å². The van der Waals surface area contributed by atoms with Crippen LogP contribution in [0.3, 0.4) is 0 Å². The number of nitrogens with zero attached hydrogens (tertiary/aromatic N) is 3. The summed E-state index contributed by atoms with van der Waals surface area (Å²) in [6.45, 7) is 0.558. The van der Waals surface area contributed by atoms with Crippen molar-refractivity contribution in [2.24, 2.45) is 0 Å². The molecule has 0 saturated heterocycles. The van der Waals surface area contributed by atoms with Crippen molar-refractivity contribution in [3.05, 3.63) is 71.4 Å². The molecule has 3 rings (SSSR count). The summed E-state index contributed by atoms with van der Waals surface area (Å²) in [5.74, 6) is 0.660. The molecule has 0 aliphatic rings. The van der Waals surface area contributed by atoms with Crippen LogP contribution in [0.15, 0.2) is 55.1 Å². The molecule has 0 saturated carbocycles. The van der Waals surface area contributed by atoms with E-state index in [0.717, 1.165) is 5.56 Å². The molecule has 1 amide bonds. The Balaban J connectivity index is 1.71. The van der Waals surface area contributed by atoms with Crippen molar-refractivity contribution in [3.8, 4) is 5.75 Å². The van der Waals surface area contributed by atoms with Crippen LogP contribution in [0, 0.1) is 0 Å². The number of hydrogen-bond acceptors (Lipinski definition) is 6. The molecular weight excluding hydrogens is 354 g/mol. The zero-order valence-corrected chi connectivity index (χ0v) is 14.7. The minimum Gasteiger partial charge on any atom is -0.495 e. The normalized spacial score (nSPS) is 10.2. The van der Waals surface area contributed by atoms with Crippen LogP contribution in [-0.2, 0) is 6.54 Å². The van der Waals surface area contributed by atoms with Crippen molar-refractivity contribution >= 4 is 29.0 Å². The van der Waals surface area contributed by atoms with Crippen molar-refractivity contribution < 1.29 is 9.53 Å². The Labute approximate surface area is 155 Å². The summed E-state index contributed by atoms with van der Waals surface area (Å²) in [5, 5.41) is 6.38. The van der Waals surface area contributed by atoms with Crippen LogP contribution in [0.5, 0.6) is 5.75 Å².